The van der Waals surface area contributed by atoms with Crippen LogP contribution >= 0.6 is 0 Å². The van der Waals surface area contributed by atoms with Crippen molar-refractivity contribution in [2.24, 2.45) is 17.3 Å². The van der Waals surface area contributed by atoms with Gasteiger partial charge in [-0.25, -0.2) is 0 Å². The first-order chi connectivity index (χ1) is 8.79. The molecule has 2 heteroatoms. The SMILES string of the molecule is CC(C)NCC(C)NCC1CCC(C(C)(C)C)CC1. The molecule has 0 aromatic rings. The Morgan fingerprint density at radius 3 is 2.00 bits per heavy atom. The van der Waals surface area contributed by atoms with Gasteiger partial charge in [-0.05, 0) is 56.4 Å². The molecule has 0 heterocycles. The van der Waals surface area contributed by atoms with E-state index in [2.05, 4.69) is 52.2 Å². The van der Waals surface area contributed by atoms with Gasteiger partial charge in [-0.2, -0.15) is 0 Å². The number of nitrogens with one attached hydrogen (secondary N) is 2. The van der Waals surface area contributed by atoms with E-state index in [0.717, 1.165) is 18.4 Å². The second kappa shape index (κ2) is 7.64. The Labute approximate surface area is 121 Å². The molecule has 0 amide bonds. The molecule has 1 aliphatic rings. The molecule has 0 spiro atoms. The van der Waals surface area contributed by atoms with Crippen molar-refractivity contribution < 1.29 is 0 Å². The van der Waals surface area contributed by atoms with Crippen LogP contribution < -0.4 is 10.6 Å². The van der Waals surface area contributed by atoms with Gasteiger partial charge < -0.3 is 10.6 Å². The Morgan fingerprint density at radius 1 is 0.947 bits per heavy atom. The van der Waals surface area contributed by atoms with Crippen LogP contribution in [0.1, 0.15) is 67.2 Å². The van der Waals surface area contributed by atoms with Gasteiger partial charge in [-0.1, -0.05) is 34.6 Å². The van der Waals surface area contributed by atoms with E-state index in [-0.39, 0.29) is 0 Å². The largest absolute Gasteiger partial charge is 0.313 e. The summed E-state index contributed by atoms with van der Waals surface area (Å²) in [6, 6.07) is 1.18. The van der Waals surface area contributed by atoms with E-state index < -0.39 is 0 Å². The minimum Gasteiger partial charge on any atom is -0.313 e. The van der Waals surface area contributed by atoms with Gasteiger partial charge in [0.1, 0.15) is 0 Å². The molecule has 1 rings (SSSR count). The first-order valence-electron chi connectivity index (χ1n) is 8.25. The molecule has 1 fully saturated rings. The Balaban J connectivity index is 2.16. The molecule has 1 aliphatic carbocycles. The lowest BCUT2D eigenvalue weighted by atomic mass is 9.70. The highest BCUT2D eigenvalue weighted by Crippen LogP contribution is 2.39. The summed E-state index contributed by atoms with van der Waals surface area (Å²) in [4.78, 5) is 0. The molecule has 0 bridgehead atoms. The highest BCUT2D eigenvalue weighted by atomic mass is 15.0. The van der Waals surface area contributed by atoms with Gasteiger partial charge in [0.25, 0.3) is 0 Å². The Kier molecular flexibility index (Phi) is 6.82. The first kappa shape index (κ1) is 17.0. The van der Waals surface area contributed by atoms with E-state index in [9.17, 15) is 0 Å². The summed E-state index contributed by atoms with van der Waals surface area (Å²) in [5.41, 5.74) is 0.507. The lowest BCUT2D eigenvalue weighted by molar-refractivity contribution is 0.148. The lowest BCUT2D eigenvalue weighted by Crippen LogP contribution is -2.41. The molecule has 2 nitrogen and oxygen atoms in total. The van der Waals surface area contributed by atoms with E-state index in [0.29, 0.717) is 17.5 Å². The second-order valence-electron chi connectivity index (χ2n) is 7.96. The minimum absolute atomic E-state index is 0.507. The number of rotatable bonds is 6. The molecule has 0 radical (unpaired) electrons. The average molecular weight is 268 g/mol. The molecule has 19 heavy (non-hydrogen) atoms. The molecular formula is C17H36N2. The fourth-order valence-electron chi connectivity index (χ4n) is 3.09. The predicted octanol–water partition coefficient (Wildman–Crippen LogP) is 3.82. The van der Waals surface area contributed by atoms with Crippen LogP contribution in [0.15, 0.2) is 0 Å². The topological polar surface area (TPSA) is 24.1 Å². The van der Waals surface area contributed by atoms with Crippen LogP contribution in [0.3, 0.4) is 0 Å². The fraction of sp³-hybridized carbons (Fsp3) is 1.00. The second-order valence-corrected chi connectivity index (χ2v) is 7.96. The number of hydrogen-bond acceptors (Lipinski definition) is 2. The molecule has 0 aromatic heterocycles. The molecular weight excluding hydrogens is 232 g/mol. The average Bonchev–Trinajstić information content (AvgIpc) is 2.33. The van der Waals surface area contributed by atoms with Crippen LogP contribution in [0.5, 0.6) is 0 Å². The molecule has 1 unspecified atom stereocenters. The van der Waals surface area contributed by atoms with Crippen LogP contribution in [0.25, 0.3) is 0 Å². The minimum atomic E-state index is 0.507. The van der Waals surface area contributed by atoms with Crippen LogP contribution in [0, 0.1) is 17.3 Å². The van der Waals surface area contributed by atoms with Gasteiger partial charge >= 0.3 is 0 Å². The summed E-state index contributed by atoms with van der Waals surface area (Å²) in [5.74, 6) is 1.84. The maximum atomic E-state index is 3.70. The molecule has 0 aliphatic heterocycles. The quantitative estimate of drug-likeness (QED) is 0.765. The van der Waals surface area contributed by atoms with Crippen molar-refractivity contribution in [1.29, 1.82) is 0 Å². The molecule has 114 valence electrons. The highest BCUT2D eigenvalue weighted by Gasteiger charge is 2.29. The van der Waals surface area contributed by atoms with E-state index in [1.165, 1.54) is 32.2 Å². The van der Waals surface area contributed by atoms with Crippen LogP contribution in [-0.4, -0.2) is 25.2 Å². The van der Waals surface area contributed by atoms with Crippen molar-refractivity contribution in [3.63, 3.8) is 0 Å². The van der Waals surface area contributed by atoms with Gasteiger partial charge in [0, 0.05) is 18.6 Å². The van der Waals surface area contributed by atoms with E-state index in [1.807, 2.05) is 0 Å². The van der Waals surface area contributed by atoms with Crippen molar-refractivity contribution in [2.75, 3.05) is 13.1 Å². The normalized spacial score (nSPS) is 26.7. The van der Waals surface area contributed by atoms with E-state index >= 15 is 0 Å². The zero-order valence-corrected chi connectivity index (χ0v) is 14.1. The zero-order chi connectivity index (χ0) is 14.5. The standard InChI is InChI=1S/C17H36N2/c1-13(2)18-11-14(3)19-12-15-7-9-16(10-8-15)17(4,5)6/h13-16,18-19H,7-12H2,1-6H3. The molecule has 1 atom stereocenters. The van der Waals surface area contributed by atoms with Crippen molar-refractivity contribution in [3.8, 4) is 0 Å². The van der Waals surface area contributed by atoms with Crippen molar-refractivity contribution in [2.45, 2.75) is 79.3 Å². The maximum Gasteiger partial charge on any atom is 0.0164 e. The first-order valence-corrected chi connectivity index (χ1v) is 8.25. The van der Waals surface area contributed by atoms with Gasteiger partial charge in [0.05, 0.1) is 0 Å². The van der Waals surface area contributed by atoms with Crippen LogP contribution in [0.2, 0.25) is 0 Å². The Bertz CT molecular complexity index is 234. The fourth-order valence-corrected chi connectivity index (χ4v) is 3.09. The van der Waals surface area contributed by atoms with Crippen molar-refractivity contribution in [3.05, 3.63) is 0 Å². The van der Waals surface area contributed by atoms with Crippen molar-refractivity contribution >= 4 is 0 Å². The van der Waals surface area contributed by atoms with Crippen LogP contribution in [0.4, 0.5) is 0 Å². The van der Waals surface area contributed by atoms with Crippen molar-refractivity contribution in [1.82, 2.24) is 10.6 Å². The van der Waals surface area contributed by atoms with Gasteiger partial charge in [0.2, 0.25) is 0 Å². The van der Waals surface area contributed by atoms with Crippen LogP contribution in [-0.2, 0) is 0 Å². The van der Waals surface area contributed by atoms with Gasteiger partial charge in [-0.15, -0.1) is 0 Å². The van der Waals surface area contributed by atoms with E-state index in [1.54, 1.807) is 0 Å². The molecule has 2 N–H and O–H groups in total. The third-order valence-corrected chi connectivity index (χ3v) is 4.66. The van der Waals surface area contributed by atoms with Gasteiger partial charge in [0.15, 0.2) is 0 Å². The smallest absolute Gasteiger partial charge is 0.0164 e. The number of hydrogen-bond donors (Lipinski definition) is 2. The summed E-state index contributed by atoms with van der Waals surface area (Å²) in [5, 5.41) is 7.20. The van der Waals surface area contributed by atoms with Gasteiger partial charge in [-0.3, -0.25) is 0 Å². The summed E-state index contributed by atoms with van der Waals surface area (Å²) >= 11 is 0. The summed E-state index contributed by atoms with van der Waals surface area (Å²) in [7, 11) is 0. The monoisotopic (exact) mass is 268 g/mol. The summed E-state index contributed by atoms with van der Waals surface area (Å²) in [6.07, 6.45) is 5.68. The van der Waals surface area contributed by atoms with E-state index in [4.69, 9.17) is 0 Å². The summed E-state index contributed by atoms with van der Waals surface area (Å²) in [6.45, 7) is 16.2. The zero-order valence-electron chi connectivity index (χ0n) is 14.1. The Hall–Kier alpha value is -0.0800. The third kappa shape index (κ3) is 6.76. The third-order valence-electron chi connectivity index (χ3n) is 4.66. The highest BCUT2D eigenvalue weighted by molar-refractivity contribution is 4.81. The Morgan fingerprint density at radius 2 is 1.53 bits per heavy atom. The molecule has 0 saturated heterocycles. The molecule has 0 aromatic carbocycles. The maximum absolute atomic E-state index is 3.70. The summed E-state index contributed by atoms with van der Waals surface area (Å²) < 4.78 is 0. The predicted molar refractivity (Wildman–Crippen MR) is 85.5 cm³/mol. The lowest BCUT2D eigenvalue weighted by Gasteiger charge is -2.37. The molecule has 1 saturated carbocycles.